The van der Waals surface area contributed by atoms with Crippen LogP contribution in [0.1, 0.15) is 22.8 Å². The molecule has 0 bridgehead atoms. The number of nitrogens with one attached hydrogen (secondary N) is 1. The fourth-order valence-electron chi connectivity index (χ4n) is 1.97. The zero-order valence-corrected chi connectivity index (χ0v) is 14.5. The highest BCUT2D eigenvalue weighted by Crippen LogP contribution is 2.24. The predicted molar refractivity (Wildman–Crippen MR) is 92.8 cm³/mol. The maximum atomic E-state index is 12.1. The third-order valence-electron chi connectivity index (χ3n) is 3.24. The summed E-state index contributed by atoms with van der Waals surface area (Å²) in [4.78, 5) is 24.2. The second kappa shape index (κ2) is 7.55. The number of hydrogen-bond acceptors (Lipinski definition) is 4. The number of phenols is 1. The highest BCUT2D eigenvalue weighted by atomic mass is 35.5. The largest absolute Gasteiger partial charge is 0.507 e. The van der Waals surface area contributed by atoms with E-state index in [2.05, 4.69) is 5.32 Å². The topological polar surface area (TPSA) is 75.6 Å². The Bertz CT molecular complexity index is 772. The molecule has 0 aliphatic rings. The zero-order chi connectivity index (χ0) is 17.9. The summed E-state index contributed by atoms with van der Waals surface area (Å²) in [5.41, 5.74) is 0.925. The van der Waals surface area contributed by atoms with Gasteiger partial charge in [0.25, 0.3) is 5.91 Å². The number of anilines is 1. The first-order valence-electron chi connectivity index (χ1n) is 7.04. The van der Waals surface area contributed by atoms with Crippen LogP contribution in [0, 0.1) is 6.92 Å². The molecule has 7 heteroatoms. The van der Waals surface area contributed by atoms with E-state index in [-0.39, 0.29) is 11.3 Å². The summed E-state index contributed by atoms with van der Waals surface area (Å²) >= 11 is 11.7. The molecule has 0 fully saturated rings. The van der Waals surface area contributed by atoms with Crippen LogP contribution in [0.5, 0.6) is 5.75 Å². The van der Waals surface area contributed by atoms with Gasteiger partial charge in [-0.25, -0.2) is 4.79 Å². The monoisotopic (exact) mass is 367 g/mol. The maximum absolute atomic E-state index is 12.1. The second-order valence-electron chi connectivity index (χ2n) is 5.17. The number of carbonyl (C=O) groups excluding carboxylic acids is 2. The number of amides is 1. The van der Waals surface area contributed by atoms with Crippen LogP contribution in [0.4, 0.5) is 5.69 Å². The number of halogens is 2. The van der Waals surface area contributed by atoms with E-state index in [9.17, 15) is 14.7 Å². The Labute approximate surface area is 149 Å². The Morgan fingerprint density at radius 2 is 1.79 bits per heavy atom. The number of para-hydroxylation sites is 1. The molecule has 0 radical (unpaired) electrons. The first-order valence-corrected chi connectivity index (χ1v) is 7.80. The van der Waals surface area contributed by atoms with Crippen LogP contribution in [-0.2, 0) is 9.53 Å². The lowest BCUT2D eigenvalue weighted by Crippen LogP contribution is -2.30. The molecule has 2 aromatic carbocycles. The van der Waals surface area contributed by atoms with Gasteiger partial charge in [0.2, 0.25) is 0 Å². The maximum Gasteiger partial charge on any atom is 0.342 e. The predicted octanol–water partition coefficient (Wildman–Crippen LogP) is 4.19. The molecule has 0 unspecified atom stereocenters. The molecule has 2 N–H and O–H groups in total. The Kier molecular flexibility index (Phi) is 5.70. The fourth-order valence-corrected chi connectivity index (χ4v) is 2.50. The van der Waals surface area contributed by atoms with Crippen LogP contribution in [-0.4, -0.2) is 23.1 Å². The molecule has 126 valence electrons. The van der Waals surface area contributed by atoms with Gasteiger partial charge in [0, 0.05) is 15.7 Å². The number of ether oxygens (including phenoxy) is 1. The van der Waals surface area contributed by atoms with Gasteiger partial charge in [0.05, 0.1) is 0 Å². The van der Waals surface area contributed by atoms with Gasteiger partial charge < -0.3 is 15.2 Å². The number of hydrogen-bond donors (Lipinski definition) is 2. The quantitative estimate of drug-likeness (QED) is 0.794. The molecular weight excluding hydrogens is 353 g/mol. The van der Waals surface area contributed by atoms with E-state index in [0.717, 1.165) is 0 Å². The summed E-state index contributed by atoms with van der Waals surface area (Å²) in [7, 11) is 0. The van der Waals surface area contributed by atoms with Crippen molar-refractivity contribution < 1.29 is 19.4 Å². The van der Waals surface area contributed by atoms with E-state index in [4.69, 9.17) is 27.9 Å². The average Bonchev–Trinajstić information content (AvgIpc) is 2.48. The minimum absolute atomic E-state index is 0.000417. The molecule has 2 aromatic rings. The molecule has 0 spiro atoms. The first-order chi connectivity index (χ1) is 11.3. The average molecular weight is 368 g/mol. The van der Waals surface area contributed by atoms with E-state index < -0.39 is 18.0 Å². The molecule has 0 aliphatic heterocycles. The number of esters is 1. The van der Waals surface area contributed by atoms with Crippen molar-refractivity contribution in [2.75, 3.05) is 5.32 Å². The minimum Gasteiger partial charge on any atom is -0.507 e. The van der Waals surface area contributed by atoms with Crippen LogP contribution in [0.25, 0.3) is 0 Å². The Hall–Kier alpha value is -2.24. The molecule has 2 rings (SSSR count). The van der Waals surface area contributed by atoms with Gasteiger partial charge in [-0.05, 0) is 43.7 Å². The molecule has 0 aliphatic carbocycles. The van der Waals surface area contributed by atoms with E-state index >= 15 is 0 Å². The van der Waals surface area contributed by atoms with Crippen molar-refractivity contribution in [3.05, 3.63) is 57.6 Å². The molecule has 0 heterocycles. The van der Waals surface area contributed by atoms with Crippen molar-refractivity contribution in [3.8, 4) is 5.75 Å². The first kappa shape index (κ1) is 18.1. The van der Waals surface area contributed by atoms with Crippen LogP contribution < -0.4 is 5.32 Å². The van der Waals surface area contributed by atoms with Gasteiger partial charge in [0.1, 0.15) is 11.3 Å². The number of aryl methyl sites for hydroxylation is 1. The van der Waals surface area contributed by atoms with Crippen molar-refractivity contribution in [1.82, 2.24) is 0 Å². The molecule has 24 heavy (non-hydrogen) atoms. The number of aromatic hydroxyl groups is 1. The van der Waals surface area contributed by atoms with E-state index in [1.165, 1.54) is 31.2 Å². The molecule has 0 saturated carbocycles. The van der Waals surface area contributed by atoms with Crippen molar-refractivity contribution >= 4 is 40.8 Å². The van der Waals surface area contributed by atoms with Crippen LogP contribution in [0.3, 0.4) is 0 Å². The molecule has 0 aromatic heterocycles. The van der Waals surface area contributed by atoms with Crippen molar-refractivity contribution in [1.29, 1.82) is 0 Å². The third-order valence-corrected chi connectivity index (χ3v) is 3.68. The lowest BCUT2D eigenvalue weighted by atomic mass is 10.1. The zero-order valence-electron chi connectivity index (χ0n) is 13.0. The Morgan fingerprint density at radius 1 is 1.17 bits per heavy atom. The van der Waals surface area contributed by atoms with E-state index in [1.807, 2.05) is 0 Å². The normalized spacial score (nSPS) is 11.7. The van der Waals surface area contributed by atoms with Crippen LogP contribution >= 0.6 is 23.2 Å². The molecule has 0 saturated heterocycles. The standard InChI is InChI=1S/C17H15Cl2NO4/c1-9-4-3-5-14(15(9)21)17(23)24-10(2)16(22)20-13-7-11(18)6-12(19)8-13/h3-8,10,21H,1-2H3,(H,20,22)/t10-/m1/s1. The summed E-state index contributed by atoms with van der Waals surface area (Å²) in [6, 6.07) is 9.27. The van der Waals surface area contributed by atoms with Gasteiger partial charge in [-0.1, -0.05) is 35.3 Å². The highest BCUT2D eigenvalue weighted by Gasteiger charge is 2.21. The number of carbonyl (C=O) groups is 2. The lowest BCUT2D eigenvalue weighted by molar-refractivity contribution is -0.123. The summed E-state index contributed by atoms with van der Waals surface area (Å²) in [5, 5.41) is 13.2. The Balaban J connectivity index is 2.05. The van der Waals surface area contributed by atoms with E-state index in [0.29, 0.717) is 21.3 Å². The SMILES string of the molecule is Cc1cccc(C(=O)O[C@H](C)C(=O)Nc2cc(Cl)cc(Cl)c2)c1O. The molecule has 1 amide bonds. The van der Waals surface area contributed by atoms with Crippen molar-refractivity contribution in [2.24, 2.45) is 0 Å². The summed E-state index contributed by atoms with van der Waals surface area (Å²) in [6.07, 6.45) is -1.07. The van der Waals surface area contributed by atoms with Crippen LogP contribution in [0.15, 0.2) is 36.4 Å². The summed E-state index contributed by atoms with van der Waals surface area (Å²) in [5.74, 6) is -1.51. The lowest BCUT2D eigenvalue weighted by Gasteiger charge is -2.14. The number of benzene rings is 2. The summed E-state index contributed by atoms with van der Waals surface area (Å²) < 4.78 is 5.09. The van der Waals surface area contributed by atoms with Gasteiger partial charge in [0.15, 0.2) is 6.10 Å². The number of phenolic OH excluding ortho intramolecular Hbond substituents is 1. The third kappa shape index (κ3) is 4.40. The molecule has 5 nitrogen and oxygen atoms in total. The van der Waals surface area contributed by atoms with Crippen molar-refractivity contribution in [2.45, 2.75) is 20.0 Å². The summed E-state index contributed by atoms with van der Waals surface area (Å²) in [6.45, 7) is 3.08. The van der Waals surface area contributed by atoms with Gasteiger partial charge in [-0.3, -0.25) is 4.79 Å². The molecule has 1 atom stereocenters. The fraction of sp³-hybridized carbons (Fsp3) is 0.176. The Morgan fingerprint density at radius 3 is 2.42 bits per heavy atom. The second-order valence-corrected chi connectivity index (χ2v) is 6.04. The van der Waals surface area contributed by atoms with Gasteiger partial charge >= 0.3 is 5.97 Å². The number of rotatable bonds is 4. The van der Waals surface area contributed by atoms with Crippen molar-refractivity contribution in [3.63, 3.8) is 0 Å². The highest BCUT2D eigenvalue weighted by molar-refractivity contribution is 6.35. The molecular formula is C17H15Cl2NO4. The van der Waals surface area contributed by atoms with E-state index in [1.54, 1.807) is 19.1 Å². The smallest absolute Gasteiger partial charge is 0.342 e. The van der Waals surface area contributed by atoms with Gasteiger partial charge in [-0.2, -0.15) is 0 Å². The minimum atomic E-state index is -1.07. The van der Waals surface area contributed by atoms with Gasteiger partial charge in [-0.15, -0.1) is 0 Å². The van der Waals surface area contributed by atoms with Crippen LogP contribution in [0.2, 0.25) is 10.0 Å².